The summed E-state index contributed by atoms with van der Waals surface area (Å²) in [7, 11) is 0. The van der Waals surface area contributed by atoms with Gasteiger partial charge in [0.05, 0.1) is 12.8 Å². The predicted octanol–water partition coefficient (Wildman–Crippen LogP) is 0.158. The number of carbonyl (C=O) groups excluding carboxylic acids is 1. The van der Waals surface area contributed by atoms with Crippen molar-refractivity contribution in [2.24, 2.45) is 0 Å². The summed E-state index contributed by atoms with van der Waals surface area (Å²) < 4.78 is 0. The van der Waals surface area contributed by atoms with E-state index in [0.717, 1.165) is 0 Å². The molecule has 12 heavy (non-hydrogen) atoms. The molecule has 1 aromatic rings. The highest BCUT2D eigenvalue weighted by atomic mass is 16.6. The van der Waals surface area contributed by atoms with Crippen LogP contribution in [-0.2, 0) is 4.84 Å². The molecule has 0 atom stereocenters. The number of hydroxylamine groups is 1. The van der Waals surface area contributed by atoms with E-state index in [1.165, 1.54) is 18.6 Å². The monoisotopic (exact) mass is 167 g/mol. The average Bonchev–Trinajstić information content (AvgIpc) is 2.15. The van der Waals surface area contributed by atoms with Crippen molar-refractivity contribution in [2.45, 2.75) is 6.92 Å². The van der Waals surface area contributed by atoms with Crippen molar-refractivity contribution in [2.75, 3.05) is 6.61 Å². The molecular formula is C7H9N3O2. The molecule has 0 fully saturated rings. The van der Waals surface area contributed by atoms with Gasteiger partial charge in [-0.1, -0.05) is 0 Å². The Hall–Kier alpha value is -1.49. The van der Waals surface area contributed by atoms with Crippen LogP contribution in [0, 0.1) is 0 Å². The summed E-state index contributed by atoms with van der Waals surface area (Å²) in [6, 6.07) is 0. The summed E-state index contributed by atoms with van der Waals surface area (Å²) in [5, 5.41) is 0. The fourth-order valence-corrected chi connectivity index (χ4v) is 0.606. The van der Waals surface area contributed by atoms with Gasteiger partial charge in [0.2, 0.25) is 0 Å². The number of carbonyl (C=O) groups is 1. The molecule has 0 saturated carbocycles. The second-order valence-electron chi connectivity index (χ2n) is 1.95. The van der Waals surface area contributed by atoms with Gasteiger partial charge in [-0.3, -0.25) is 14.6 Å². The Labute approximate surface area is 69.7 Å². The molecule has 0 bridgehead atoms. The lowest BCUT2D eigenvalue weighted by molar-refractivity contribution is 0.0359. The van der Waals surface area contributed by atoms with Gasteiger partial charge >= 0.3 is 0 Å². The largest absolute Gasteiger partial charge is 0.295 e. The molecule has 0 aliphatic heterocycles. The predicted molar refractivity (Wildman–Crippen MR) is 41.1 cm³/mol. The van der Waals surface area contributed by atoms with Gasteiger partial charge in [0, 0.05) is 12.4 Å². The number of nitrogens with zero attached hydrogens (tertiary/aromatic N) is 2. The van der Waals surface area contributed by atoms with E-state index in [2.05, 4.69) is 20.3 Å². The lowest BCUT2D eigenvalue weighted by Gasteiger charge is -2.00. The van der Waals surface area contributed by atoms with Crippen molar-refractivity contribution in [1.82, 2.24) is 15.4 Å². The quantitative estimate of drug-likeness (QED) is 0.651. The first-order valence-electron chi connectivity index (χ1n) is 3.52. The fraction of sp³-hybridized carbons (Fsp3) is 0.286. The van der Waals surface area contributed by atoms with E-state index in [1.54, 1.807) is 6.92 Å². The molecule has 0 saturated heterocycles. The van der Waals surface area contributed by atoms with E-state index in [1.807, 2.05) is 0 Å². The number of amides is 1. The smallest absolute Gasteiger partial charge is 0.274 e. The van der Waals surface area contributed by atoms with Gasteiger partial charge in [0.1, 0.15) is 5.69 Å². The van der Waals surface area contributed by atoms with E-state index in [9.17, 15) is 4.79 Å². The Kier molecular flexibility index (Phi) is 3.16. The lowest BCUT2D eigenvalue weighted by atomic mass is 10.4. The van der Waals surface area contributed by atoms with Crippen molar-refractivity contribution in [3.05, 3.63) is 24.3 Å². The molecule has 0 aliphatic rings. The number of rotatable bonds is 3. The minimum absolute atomic E-state index is 0.242. The van der Waals surface area contributed by atoms with Crippen LogP contribution in [0.5, 0.6) is 0 Å². The standard InChI is InChI=1S/C7H9N3O2/c1-2-12-10-7(11)6-5-8-3-4-9-6/h3-5H,2H2,1H3,(H,10,11). The molecule has 1 heterocycles. The van der Waals surface area contributed by atoms with Gasteiger partial charge in [-0.05, 0) is 6.92 Å². The molecule has 1 N–H and O–H groups in total. The maximum Gasteiger partial charge on any atom is 0.295 e. The first kappa shape index (κ1) is 8.61. The molecule has 1 amide bonds. The van der Waals surface area contributed by atoms with Gasteiger partial charge in [-0.15, -0.1) is 0 Å². The molecule has 5 nitrogen and oxygen atoms in total. The molecular weight excluding hydrogens is 158 g/mol. The van der Waals surface area contributed by atoms with E-state index in [4.69, 9.17) is 0 Å². The lowest BCUT2D eigenvalue weighted by Crippen LogP contribution is -2.24. The van der Waals surface area contributed by atoms with Crippen molar-refractivity contribution < 1.29 is 9.63 Å². The molecule has 0 spiro atoms. The minimum Gasteiger partial charge on any atom is -0.274 e. The Morgan fingerprint density at radius 2 is 2.50 bits per heavy atom. The number of nitrogens with one attached hydrogen (secondary N) is 1. The summed E-state index contributed by atoms with van der Waals surface area (Å²) in [6.45, 7) is 2.20. The van der Waals surface area contributed by atoms with Crippen LogP contribution in [0.2, 0.25) is 0 Å². The van der Waals surface area contributed by atoms with Crippen LogP contribution in [0.1, 0.15) is 17.4 Å². The summed E-state index contributed by atoms with van der Waals surface area (Å²) in [5.41, 5.74) is 2.45. The third-order valence-electron chi connectivity index (χ3n) is 1.11. The van der Waals surface area contributed by atoms with Gasteiger partial charge in [0.15, 0.2) is 0 Å². The molecule has 1 aromatic heterocycles. The van der Waals surface area contributed by atoms with E-state index < -0.39 is 0 Å². The Morgan fingerprint density at radius 3 is 3.08 bits per heavy atom. The van der Waals surface area contributed by atoms with Crippen LogP contribution in [0.4, 0.5) is 0 Å². The third-order valence-corrected chi connectivity index (χ3v) is 1.11. The Morgan fingerprint density at radius 1 is 1.67 bits per heavy atom. The van der Waals surface area contributed by atoms with Crippen molar-refractivity contribution in [1.29, 1.82) is 0 Å². The molecule has 0 radical (unpaired) electrons. The van der Waals surface area contributed by atoms with Crippen LogP contribution in [-0.4, -0.2) is 22.5 Å². The zero-order valence-electron chi connectivity index (χ0n) is 6.65. The molecule has 64 valence electrons. The molecule has 5 heteroatoms. The summed E-state index contributed by atoms with van der Waals surface area (Å²) in [6.07, 6.45) is 4.31. The Bertz CT molecular complexity index is 250. The summed E-state index contributed by atoms with van der Waals surface area (Å²) in [5.74, 6) is -0.384. The Balaban J connectivity index is 2.54. The van der Waals surface area contributed by atoms with Gasteiger partial charge in [0.25, 0.3) is 5.91 Å². The van der Waals surface area contributed by atoms with Gasteiger partial charge in [-0.2, -0.15) is 0 Å². The van der Waals surface area contributed by atoms with Crippen LogP contribution < -0.4 is 5.48 Å². The maximum absolute atomic E-state index is 11.1. The second-order valence-corrected chi connectivity index (χ2v) is 1.95. The molecule has 0 aliphatic carbocycles. The van der Waals surface area contributed by atoms with Gasteiger partial charge in [-0.25, -0.2) is 10.5 Å². The first-order valence-corrected chi connectivity index (χ1v) is 3.52. The second kappa shape index (κ2) is 4.40. The molecule has 0 unspecified atom stereocenters. The van der Waals surface area contributed by atoms with Crippen molar-refractivity contribution in [3.63, 3.8) is 0 Å². The maximum atomic E-state index is 11.1. The van der Waals surface area contributed by atoms with Crippen molar-refractivity contribution >= 4 is 5.91 Å². The third kappa shape index (κ3) is 2.28. The average molecular weight is 167 g/mol. The molecule has 0 aromatic carbocycles. The number of hydrogen-bond acceptors (Lipinski definition) is 4. The van der Waals surface area contributed by atoms with Crippen molar-refractivity contribution in [3.8, 4) is 0 Å². The van der Waals surface area contributed by atoms with Crippen LogP contribution in [0.25, 0.3) is 0 Å². The summed E-state index contributed by atoms with van der Waals surface area (Å²) >= 11 is 0. The zero-order chi connectivity index (χ0) is 8.81. The van der Waals surface area contributed by atoms with E-state index >= 15 is 0 Å². The normalized spacial score (nSPS) is 9.42. The van der Waals surface area contributed by atoms with Crippen LogP contribution in [0.15, 0.2) is 18.6 Å². The highest BCUT2D eigenvalue weighted by Crippen LogP contribution is 1.88. The molecule has 1 rings (SSSR count). The van der Waals surface area contributed by atoms with Crippen LogP contribution >= 0.6 is 0 Å². The fourth-order valence-electron chi connectivity index (χ4n) is 0.606. The SMILES string of the molecule is CCONC(=O)c1cnccn1. The minimum atomic E-state index is -0.384. The first-order chi connectivity index (χ1) is 5.84. The number of hydrogen-bond donors (Lipinski definition) is 1. The highest BCUT2D eigenvalue weighted by Gasteiger charge is 2.04. The topological polar surface area (TPSA) is 64.1 Å². The zero-order valence-corrected chi connectivity index (χ0v) is 6.65. The van der Waals surface area contributed by atoms with Gasteiger partial charge < -0.3 is 0 Å². The van der Waals surface area contributed by atoms with E-state index in [-0.39, 0.29) is 11.6 Å². The summed E-state index contributed by atoms with van der Waals surface area (Å²) in [4.78, 5) is 23.3. The highest BCUT2D eigenvalue weighted by molar-refractivity contribution is 5.90. The van der Waals surface area contributed by atoms with E-state index in [0.29, 0.717) is 6.61 Å². The van der Waals surface area contributed by atoms with Crippen LogP contribution in [0.3, 0.4) is 0 Å². The number of aromatic nitrogens is 2.